The summed E-state index contributed by atoms with van der Waals surface area (Å²) in [6.07, 6.45) is 4.27. The zero-order valence-electron chi connectivity index (χ0n) is 9.70. The number of hydrogen-bond donors (Lipinski definition) is 0. The zero-order chi connectivity index (χ0) is 10.8. The van der Waals surface area contributed by atoms with E-state index in [1.54, 1.807) is 0 Å². The van der Waals surface area contributed by atoms with Crippen molar-refractivity contribution in [2.45, 2.75) is 39.7 Å². The molecule has 2 aromatic rings. The van der Waals surface area contributed by atoms with Crippen molar-refractivity contribution in [1.82, 2.24) is 9.55 Å². The molecule has 0 radical (unpaired) electrons. The van der Waals surface area contributed by atoms with Crippen LogP contribution in [0.5, 0.6) is 0 Å². The molecule has 0 aliphatic rings. The molecule has 0 atom stereocenters. The summed E-state index contributed by atoms with van der Waals surface area (Å²) in [5.41, 5.74) is 3.75. The first-order chi connectivity index (χ1) is 7.22. The Labute approximate surface area is 90.9 Å². The summed E-state index contributed by atoms with van der Waals surface area (Å²) < 4.78 is 2.21. The smallest absolute Gasteiger partial charge is 0.0960 e. The van der Waals surface area contributed by atoms with E-state index in [9.17, 15) is 0 Å². The Bertz CT molecular complexity index is 455. The van der Waals surface area contributed by atoms with Crippen molar-refractivity contribution in [2.24, 2.45) is 0 Å². The second-order valence-corrected chi connectivity index (χ2v) is 4.32. The highest BCUT2D eigenvalue weighted by Gasteiger charge is 2.05. The van der Waals surface area contributed by atoms with Crippen molar-refractivity contribution in [3.8, 4) is 0 Å². The third kappa shape index (κ3) is 1.89. The van der Waals surface area contributed by atoms with E-state index in [-0.39, 0.29) is 0 Å². The highest BCUT2D eigenvalue weighted by atomic mass is 15.1. The van der Waals surface area contributed by atoms with Crippen molar-refractivity contribution in [1.29, 1.82) is 0 Å². The fraction of sp³-hybridized carbons (Fsp3) is 0.462. The Kier molecular flexibility index (Phi) is 2.76. The van der Waals surface area contributed by atoms with Gasteiger partial charge in [-0.15, -0.1) is 0 Å². The number of benzene rings is 1. The largest absolute Gasteiger partial charge is 0.328 e. The number of rotatable bonds is 3. The van der Waals surface area contributed by atoms with Gasteiger partial charge in [0.1, 0.15) is 0 Å². The highest BCUT2D eigenvalue weighted by molar-refractivity contribution is 5.76. The summed E-state index contributed by atoms with van der Waals surface area (Å²) in [5.74, 6) is 0. The number of fused-ring (bicyclic) bond motifs is 1. The van der Waals surface area contributed by atoms with Crippen LogP contribution in [-0.4, -0.2) is 9.55 Å². The van der Waals surface area contributed by atoms with Crippen molar-refractivity contribution < 1.29 is 0 Å². The van der Waals surface area contributed by atoms with E-state index < -0.39 is 0 Å². The lowest BCUT2D eigenvalue weighted by Crippen LogP contribution is -1.97. The Morgan fingerprint density at radius 1 is 1.33 bits per heavy atom. The number of imidazole rings is 1. The van der Waals surface area contributed by atoms with Gasteiger partial charge in [0.15, 0.2) is 0 Å². The van der Waals surface area contributed by atoms with Crippen LogP contribution in [0.1, 0.15) is 38.8 Å². The van der Waals surface area contributed by atoms with E-state index >= 15 is 0 Å². The molecule has 0 saturated carbocycles. The number of aryl methyl sites for hydroxylation is 1. The molecule has 2 nitrogen and oxygen atoms in total. The van der Waals surface area contributed by atoms with Gasteiger partial charge in [0.25, 0.3) is 0 Å². The number of nitrogens with zero attached hydrogens (tertiary/aromatic N) is 2. The minimum atomic E-state index is 0.479. The van der Waals surface area contributed by atoms with Crippen molar-refractivity contribution in [3.63, 3.8) is 0 Å². The van der Waals surface area contributed by atoms with Gasteiger partial charge in [0.2, 0.25) is 0 Å². The van der Waals surface area contributed by atoms with E-state index in [1.165, 1.54) is 17.5 Å². The summed E-state index contributed by atoms with van der Waals surface area (Å²) in [5, 5.41) is 0. The predicted octanol–water partition coefficient (Wildman–Crippen LogP) is 3.57. The molecule has 0 aliphatic carbocycles. The summed E-state index contributed by atoms with van der Waals surface area (Å²) >= 11 is 0. The Balaban J connectivity index is 2.47. The van der Waals surface area contributed by atoms with Crippen molar-refractivity contribution in [3.05, 3.63) is 30.1 Å². The maximum absolute atomic E-state index is 4.45. The van der Waals surface area contributed by atoms with Gasteiger partial charge in [-0.2, -0.15) is 0 Å². The second kappa shape index (κ2) is 4.05. The minimum absolute atomic E-state index is 0.479. The topological polar surface area (TPSA) is 17.8 Å². The van der Waals surface area contributed by atoms with Crippen LogP contribution in [0.2, 0.25) is 0 Å². The monoisotopic (exact) mass is 202 g/mol. The lowest BCUT2D eigenvalue weighted by molar-refractivity contribution is 0.617. The van der Waals surface area contributed by atoms with E-state index in [1.807, 2.05) is 6.33 Å². The molecule has 0 saturated heterocycles. The molecule has 0 amide bonds. The lowest BCUT2D eigenvalue weighted by Gasteiger charge is -2.07. The average Bonchev–Trinajstić information content (AvgIpc) is 2.61. The van der Waals surface area contributed by atoms with Crippen molar-refractivity contribution >= 4 is 11.0 Å². The van der Waals surface area contributed by atoms with Crippen LogP contribution in [0, 0.1) is 0 Å². The van der Waals surface area contributed by atoms with Crippen LogP contribution >= 0.6 is 0 Å². The summed E-state index contributed by atoms with van der Waals surface area (Å²) in [7, 11) is 0. The molecule has 2 heteroatoms. The summed E-state index contributed by atoms with van der Waals surface area (Å²) in [6, 6.07) is 7.09. The number of aromatic nitrogens is 2. The summed E-state index contributed by atoms with van der Waals surface area (Å²) in [4.78, 5) is 4.45. The van der Waals surface area contributed by atoms with E-state index in [2.05, 4.69) is 48.5 Å². The van der Waals surface area contributed by atoms with Gasteiger partial charge in [-0.1, -0.05) is 19.4 Å². The van der Waals surface area contributed by atoms with Crippen LogP contribution < -0.4 is 0 Å². The maximum atomic E-state index is 4.45. The van der Waals surface area contributed by atoms with Gasteiger partial charge in [-0.3, -0.25) is 0 Å². The standard InChI is InChI=1S/C13H18N2/c1-4-5-11-6-7-13-12(8-11)14-9-15(13)10(2)3/h6-10H,4-5H2,1-3H3. The molecule has 0 aliphatic heterocycles. The molecule has 80 valence electrons. The molecular weight excluding hydrogens is 184 g/mol. The Hall–Kier alpha value is -1.31. The fourth-order valence-corrected chi connectivity index (χ4v) is 1.93. The quantitative estimate of drug-likeness (QED) is 0.744. The van der Waals surface area contributed by atoms with Crippen LogP contribution in [0.4, 0.5) is 0 Å². The molecule has 0 bridgehead atoms. The first-order valence-corrected chi connectivity index (χ1v) is 5.68. The third-order valence-electron chi connectivity index (χ3n) is 2.73. The van der Waals surface area contributed by atoms with Crippen LogP contribution in [0.3, 0.4) is 0 Å². The van der Waals surface area contributed by atoms with Crippen molar-refractivity contribution in [2.75, 3.05) is 0 Å². The van der Waals surface area contributed by atoms with Gasteiger partial charge in [0.05, 0.1) is 17.4 Å². The van der Waals surface area contributed by atoms with Crippen LogP contribution in [0.25, 0.3) is 11.0 Å². The van der Waals surface area contributed by atoms with Crippen LogP contribution in [0.15, 0.2) is 24.5 Å². The predicted molar refractivity (Wildman–Crippen MR) is 64.1 cm³/mol. The highest BCUT2D eigenvalue weighted by Crippen LogP contribution is 2.19. The normalized spacial score (nSPS) is 11.5. The first kappa shape index (κ1) is 10.2. The lowest BCUT2D eigenvalue weighted by atomic mass is 10.1. The average molecular weight is 202 g/mol. The molecule has 2 rings (SSSR count). The molecule has 1 aromatic carbocycles. The summed E-state index contributed by atoms with van der Waals surface area (Å²) in [6.45, 7) is 6.57. The fourth-order valence-electron chi connectivity index (χ4n) is 1.93. The Morgan fingerprint density at radius 2 is 2.13 bits per heavy atom. The van der Waals surface area contributed by atoms with Gasteiger partial charge < -0.3 is 4.57 Å². The minimum Gasteiger partial charge on any atom is -0.328 e. The SMILES string of the molecule is CCCc1ccc2c(c1)ncn2C(C)C. The van der Waals surface area contributed by atoms with Gasteiger partial charge >= 0.3 is 0 Å². The maximum Gasteiger partial charge on any atom is 0.0960 e. The van der Waals surface area contributed by atoms with Gasteiger partial charge in [-0.25, -0.2) is 4.98 Å². The molecule has 0 spiro atoms. The molecule has 0 unspecified atom stereocenters. The number of hydrogen-bond acceptors (Lipinski definition) is 1. The first-order valence-electron chi connectivity index (χ1n) is 5.68. The van der Waals surface area contributed by atoms with E-state index in [4.69, 9.17) is 0 Å². The molecule has 0 fully saturated rings. The molecule has 1 aromatic heterocycles. The van der Waals surface area contributed by atoms with Gasteiger partial charge in [-0.05, 0) is 38.0 Å². The second-order valence-electron chi connectivity index (χ2n) is 4.32. The van der Waals surface area contributed by atoms with Gasteiger partial charge in [0, 0.05) is 6.04 Å². The molecular formula is C13H18N2. The van der Waals surface area contributed by atoms with E-state index in [0.29, 0.717) is 6.04 Å². The third-order valence-corrected chi connectivity index (χ3v) is 2.73. The Morgan fingerprint density at radius 3 is 2.80 bits per heavy atom. The molecule has 1 heterocycles. The molecule has 15 heavy (non-hydrogen) atoms. The zero-order valence-corrected chi connectivity index (χ0v) is 9.70. The molecule has 0 N–H and O–H groups in total. The van der Waals surface area contributed by atoms with Crippen LogP contribution in [-0.2, 0) is 6.42 Å². The van der Waals surface area contributed by atoms with E-state index in [0.717, 1.165) is 11.9 Å².